The molecular weight excluding hydrogens is 231 g/mol. The zero-order valence-electron chi connectivity index (χ0n) is 9.98. The number of halogens is 1. The van der Waals surface area contributed by atoms with Crippen LogP contribution in [-0.2, 0) is 11.2 Å². The third-order valence-corrected chi connectivity index (χ3v) is 2.58. The Kier molecular flexibility index (Phi) is 3.67. The van der Waals surface area contributed by atoms with Crippen LogP contribution < -0.4 is 5.32 Å². The van der Waals surface area contributed by atoms with Crippen molar-refractivity contribution in [3.63, 3.8) is 0 Å². The Hall–Kier alpha value is -2.23. The lowest BCUT2D eigenvalue weighted by Crippen LogP contribution is -2.16. The minimum atomic E-state index is -0.370. The number of rotatable bonds is 3. The summed E-state index contributed by atoms with van der Waals surface area (Å²) in [6.45, 7) is 1.85. The molecule has 0 atom stereocenters. The summed E-state index contributed by atoms with van der Waals surface area (Å²) in [5.41, 5.74) is 1.25. The highest BCUT2D eigenvalue weighted by atomic mass is 19.1. The van der Waals surface area contributed by atoms with E-state index in [1.54, 1.807) is 30.5 Å². The number of aromatic nitrogens is 1. The fourth-order valence-corrected chi connectivity index (χ4v) is 1.61. The molecule has 1 N–H and O–H groups in total. The van der Waals surface area contributed by atoms with E-state index in [-0.39, 0.29) is 18.1 Å². The molecule has 1 aromatic heterocycles. The lowest BCUT2D eigenvalue weighted by atomic mass is 10.1. The number of aryl methyl sites for hydroxylation is 1. The first-order valence-corrected chi connectivity index (χ1v) is 5.61. The number of anilines is 1. The van der Waals surface area contributed by atoms with Gasteiger partial charge >= 0.3 is 0 Å². The van der Waals surface area contributed by atoms with Crippen LogP contribution in [0.4, 0.5) is 10.2 Å². The first kappa shape index (κ1) is 12.2. The van der Waals surface area contributed by atoms with Crippen LogP contribution in [0.25, 0.3) is 0 Å². The van der Waals surface area contributed by atoms with Gasteiger partial charge < -0.3 is 5.32 Å². The Morgan fingerprint density at radius 2 is 2.06 bits per heavy atom. The summed E-state index contributed by atoms with van der Waals surface area (Å²) in [7, 11) is 0. The van der Waals surface area contributed by atoms with Crippen molar-refractivity contribution in [1.29, 1.82) is 0 Å². The van der Waals surface area contributed by atoms with E-state index in [9.17, 15) is 9.18 Å². The van der Waals surface area contributed by atoms with Gasteiger partial charge in [0.25, 0.3) is 0 Å². The van der Waals surface area contributed by atoms with Crippen LogP contribution in [-0.4, -0.2) is 10.9 Å². The first-order chi connectivity index (χ1) is 8.66. The maximum absolute atomic E-state index is 13.4. The average Bonchev–Trinajstić information content (AvgIpc) is 2.35. The molecule has 0 aliphatic heterocycles. The lowest BCUT2D eigenvalue weighted by molar-refractivity contribution is -0.115. The number of hydrogen-bond donors (Lipinski definition) is 1. The van der Waals surface area contributed by atoms with Crippen LogP contribution in [0.5, 0.6) is 0 Å². The zero-order chi connectivity index (χ0) is 13.0. The number of carbonyl (C=O) groups excluding carboxylic acids is 1. The molecule has 0 bridgehead atoms. The monoisotopic (exact) mass is 244 g/mol. The van der Waals surface area contributed by atoms with E-state index in [1.807, 2.05) is 13.0 Å². The van der Waals surface area contributed by atoms with Crippen molar-refractivity contribution in [1.82, 2.24) is 4.98 Å². The number of benzene rings is 1. The minimum Gasteiger partial charge on any atom is -0.310 e. The quantitative estimate of drug-likeness (QED) is 0.902. The van der Waals surface area contributed by atoms with Gasteiger partial charge in [-0.3, -0.25) is 4.79 Å². The first-order valence-electron chi connectivity index (χ1n) is 5.61. The van der Waals surface area contributed by atoms with Crippen LogP contribution in [0.1, 0.15) is 11.1 Å². The van der Waals surface area contributed by atoms with E-state index in [0.29, 0.717) is 11.4 Å². The van der Waals surface area contributed by atoms with Crippen molar-refractivity contribution >= 4 is 11.7 Å². The maximum atomic E-state index is 13.4. The summed E-state index contributed by atoms with van der Waals surface area (Å²) >= 11 is 0. The summed E-state index contributed by atoms with van der Waals surface area (Å²) in [4.78, 5) is 15.8. The third kappa shape index (κ3) is 2.91. The van der Waals surface area contributed by atoms with E-state index in [2.05, 4.69) is 10.3 Å². The van der Waals surface area contributed by atoms with Crippen molar-refractivity contribution in [3.8, 4) is 0 Å². The SMILES string of the molecule is Cc1cccnc1NC(=O)Cc1ccccc1F. The van der Waals surface area contributed by atoms with Gasteiger partial charge in [-0.2, -0.15) is 0 Å². The lowest BCUT2D eigenvalue weighted by Gasteiger charge is -2.07. The number of nitrogens with one attached hydrogen (secondary N) is 1. The Labute approximate surface area is 105 Å². The zero-order valence-corrected chi connectivity index (χ0v) is 9.98. The number of nitrogens with zero attached hydrogens (tertiary/aromatic N) is 1. The van der Waals surface area contributed by atoms with Gasteiger partial charge in [-0.15, -0.1) is 0 Å². The number of carbonyl (C=O) groups is 1. The molecule has 1 heterocycles. The standard InChI is InChI=1S/C14H13FN2O/c1-10-5-4-8-16-14(10)17-13(18)9-11-6-2-3-7-12(11)15/h2-8H,9H2,1H3,(H,16,17,18). The van der Waals surface area contributed by atoms with E-state index in [1.165, 1.54) is 6.07 Å². The van der Waals surface area contributed by atoms with Gasteiger partial charge in [0.15, 0.2) is 0 Å². The van der Waals surface area contributed by atoms with Crippen molar-refractivity contribution in [2.24, 2.45) is 0 Å². The molecule has 0 spiro atoms. The summed E-state index contributed by atoms with van der Waals surface area (Å²) in [6, 6.07) is 9.89. The predicted octanol–water partition coefficient (Wildman–Crippen LogP) is 2.71. The second-order valence-electron chi connectivity index (χ2n) is 3.99. The van der Waals surface area contributed by atoms with Gasteiger partial charge in [0.1, 0.15) is 11.6 Å². The van der Waals surface area contributed by atoms with E-state index in [0.717, 1.165) is 5.56 Å². The van der Waals surface area contributed by atoms with Crippen molar-refractivity contribution in [2.45, 2.75) is 13.3 Å². The molecule has 0 saturated heterocycles. The molecule has 0 aliphatic rings. The van der Waals surface area contributed by atoms with Gasteiger partial charge in [0, 0.05) is 6.20 Å². The molecule has 2 aromatic rings. The van der Waals surface area contributed by atoms with Crippen LogP contribution in [0.2, 0.25) is 0 Å². The maximum Gasteiger partial charge on any atom is 0.230 e. The minimum absolute atomic E-state index is 0.00267. The second-order valence-corrected chi connectivity index (χ2v) is 3.99. The van der Waals surface area contributed by atoms with Gasteiger partial charge in [-0.05, 0) is 30.2 Å². The van der Waals surface area contributed by atoms with E-state index >= 15 is 0 Å². The fourth-order valence-electron chi connectivity index (χ4n) is 1.61. The third-order valence-electron chi connectivity index (χ3n) is 2.58. The van der Waals surface area contributed by atoms with Gasteiger partial charge in [-0.25, -0.2) is 9.37 Å². The molecule has 18 heavy (non-hydrogen) atoms. The fraction of sp³-hybridized carbons (Fsp3) is 0.143. The van der Waals surface area contributed by atoms with Crippen LogP contribution in [0, 0.1) is 12.7 Å². The topological polar surface area (TPSA) is 42.0 Å². The number of amides is 1. The molecule has 2 rings (SSSR count). The molecule has 92 valence electrons. The Morgan fingerprint density at radius 3 is 2.78 bits per heavy atom. The molecule has 0 fully saturated rings. The highest BCUT2D eigenvalue weighted by molar-refractivity contribution is 5.91. The van der Waals surface area contributed by atoms with Gasteiger partial charge in [0.05, 0.1) is 6.42 Å². The average molecular weight is 244 g/mol. The largest absolute Gasteiger partial charge is 0.310 e. The Bertz CT molecular complexity index is 520. The smallest absolute Gasteiger partial charge is 0.230 e. The molecule has 3 nitrogen and oxygen atoms in total. The molecular formula is C14H13FN2O. The molecule has 1 amide bonds. The Morgan fingerprint density at radius 1 is 1.28 bits per heavy atom. The van der Waals surface area contributed by atoms with Gasteiger partial charge in [0.2, 0.25) is 5.91 Å². The summed E-state index contributed by atoms with van der Waals surface area (Å²) in [5, 5.41) is 2.67. The predicted molar refractivity (Wildman–Crippen MR) is 67.7 cm³/mol. The number of hydrogen-bond acceptors (Lipinski definition) is 2. The Balaban J connectivity index is 2.06. The van der Waals surface area contributed by atoms with Crippen molar-refractivity contribution in [2.75, 3.05) is 5.32 Å². The van der Waals surface area contributed by atoms with Crippen LogP contribution in [0.3, 0.4) is 0 Å². The molecule has 0 radical (unpaired) electrons. The summed E-state index contributed by atoms with van der Waals surface area (Å²) in [5.74, 6) is -0.133. The molecule has 0 saturated carbocycles. The van der Waals surface area contributed by atoms with Crippen molar-refractivity contribution < 1.29 is 9.18 Å². The van der Waals surface area contributed by atoms with Crippen LogP contribution in [0.15, 0.2) is 42.6 Å². The second kappa shape index (κ2) is 5.40. The molecule has 0 aliphatic carbocycles. The molecule has 0 unspecified atom stereocenters. The van der Waals surface area contributed by atoms with E-state index in [4.69, 9.17) is 0 Å². The number of pyridine rings is 1. The van der Waals surface area contributed by atoms with Crippen LogP contribution >= 0.6 is 0 Å². The highest BCUT2D eigenvalue weighted by Gasteiger charge is 2.09. The summed E-state index contributed by atoms with van der Waals surface area (Å²) < 4.78 is 13.4. The summed E-state index contributed by atoms with van der Waals surface area (Å²) in [6.07, 6.45) is 1.61. The van der Waals surface area contributed by atoms with Gasteiger partial charge in [-0.1, -0.05) is 24.3 Å². The van der Waals surface area contributed by atoms with Crippen molar-refractivity contribution in [3.05, 3.63) is 59.5 Å². The normalized spacial score (nSPS) is 10.1. The van der Waals surface area contributed by atoms with E-state index < -0.39 is 0 Å². The molecule has 4 heteroatoms. The highest BCUT2D eigenvalue weighted by Crippen LogP contribution is 2.11. The molecule has 1 aromatic carbocycles.